The molecule has 1 aromatic heterocycles. The smallest absolute Gasteiger partial charge is 0.357 e. The first-order chi connectivity index (χ1) is 13.6. The molecule has 1 amide bonds. The van der Waals surface area contributed by atoms with E-state index in [0.29, 0.717) is 11.5 Å². The van der Waals surface area contributed by atoms with Gasteiger partial charge in [-0.2, -0.15) is 0 Å². The first-order valence-corrected chi connectivity index (χ1v) is 9.06. The zero-order valence-electron chi connectivity index (χ0n) is 16.4. The van der Waals surface area contributed by atoms with Crippen LogP contribution in [0.15, 0.2) is 36.7 Å². The summed E-state index contributed by atoms with van der Waals surface area (Å²) in [5.74, 6) is 0.309. The fourth-order valence-electron chi connectivity index (χ4n) is 2.29. The van der Waals surface area contributed by atoms with Gasteiger partial charge in [0.05, 0.1) is 18.1 Å². The molecule has 160 valence electrons. The highest BCUT2D eigenvalue weighted by atomic mass is 19.4. The Hall–Kier alpha value is -2.75. The number of carbonyl (C=O) groups is 1. The van der Waals surface area contributed by atoms with E-state index in [-0.39, 0.29) is 17.8 Å². The first-order valence-electron chi connectivity index (χ1n) is 9.06. The predicted octanol–water partition coefficient (Wildman–Crippen LogP) is 3.84. The number of benzene rings is 1. The lowest BCUT2D eigenvalue weighted by Crippen LogP contribution is -2.48. The molecule has 2 aromatic rings. The number of hydrogen-bond acceptors (Lipinski definition) is 5. The maximum Gasteiger partial charge on any atom is 0.519 e. The van der Waals surface area contributed by atoms with Crippen LogP contribution in [0.4, 0.5) is 23.4 Å². The van der Waals surface area contributed by atoms with Crippen LogP contribution in [0.5, 0.6) is 0 Å². The molecule has 0 radical (unpaired) electrons. The van der Waals surface area contributed by atoms with Crippen molar-refractivity contribution in [3.8, 4) is 11.3 Å². The number of nitrogens with zero attached hydrogens (tertiary/aromatic N) is 3. The average Bonchev–Trinajstić information content (AvgIpc) is 2.61. The molecular formula is C19H24F4N4O2. The maximum atomic E-state index is 13.0. The molecule has 10 heteroatoms. The average molecular weight is 416 g/mol. The SMILES string of the molecule is CC.C[C@@H](Nc1cncc(-c2ccc(F)cc2)n1)C(=O)N1CCC1.OC(F)(F)F. The van der Waals surface area contributed by atoms with E-state index < -0.39 is 6.36 Å². The largest absolute Gasteiger partial charge is 0.519 e. The molecule has 1 aromatic carbocycles. The van der Waals surface area contributed by atoms with Gasteiger partial charge >= 0.3 is 6.36 Å². The summed E-state index contributed by atoms with van der Waals surface area (Å²) in [5, 5.41) is 9.59. The summed E-state index contributed by atoms with van der Waals surface area (Å²) in [6.07, 6.45) is -0.744. The highest BCUT2D eigenvalue weighted by Crippen LogP contribution is 2.18. The van der Waals surface area contributed by atoms with Crippen LogP contribution < -0.4 is 5.32 Å². The van der Waals surface area contributed by atoms with Gasteiger partial charge in [0.25, 0.3) is 0 Å². The Bertz CT molecular complexity index is 760. The topological polar surface area (TPSA) is 78.4 Å². The molecule has 1 aliphatic rings. The number of carbonyl (C=O) groups excluding carboxylic acids is 1. The van der Waals surface area contributed by atoms with Gasteiger partial charge < -0.3 is 15.3 Å². The van der Waals surface area contributed by atoms with E-state index >= 15 is 0 Å². The summed E-state index contributed by atoms with van der Waals surface area (Å²) in [7, 11) is 0. The molecule has 1 aliphatic heterocycles. The van der Waals surface area contributed by atoms with E-state index in [4.69, 9.17) is 5.11 Å². The molecule has 6 nitrogen and oxygen atoms in total. The lowest BCUT2D eigenvalue weighted by molar-refractivity contribution is -0.295. The number of amides is 1. The van der Waals surface area contributed by atoms with Crippen LogP contribution in [0.25, 0.3) is 11.3 Å². The Balaban J connectivity index is 0.000000527. The van der Waals surface area contributed by atoms with Crippen LogP contribution >= 0.6 is 0 Å². The summed E-state index contributed by atoms with van der Waals surface area (Å²) >= 11 is 0. The molecule has 0 spiro atoms. The van der Waals surface area contributed by atoms with Crippen LogP contribution in [-0.2, 0) is 4.79 Å². The Morgan fingerprint density at radius 1 is 1.17 bits per heavy atom. The predicted molar refractivity (Wildman–Crippen MR) is 101 cm³/mol. The van der Waals surface area contributed by atoms with Gasteiger partial charge in [0.15, 0.2) is 0 Å². The molecular weight excluding hydrogens is 392 g/mol. The van der Waals surface area contributed by atoms with E-state index in [1.54, 1.807) is 24.5 Å². The third-order valence-corrected chi connectivity index (χ3v) is 3.68. The van der Waals surface area contributed by atoms with Gasteiger partial charge in [-0.05, 0) is 37.6 Å². The minimum absolute atomic E-state index is 0.0697. The van der Waals surface area contributed by atoms with E-state index in [0.717, 1.165) is 25.1 Å². The van der Waals surface area contributed by atoms with Crippen LogP contribution in [0.1, 0.15) is 27.2 Å². The van der Waals surface area contributed by atoms with Gasteiger partial charge in [-0.1, -0.05) is 13.8 Å². The Morgan fingerprint density at radius 3 is 2.21 bits per heavy atom. The van der Waals surface area contributed by atoms with Crippen molar-refractivity contribution in [2.45, 2.75) is 39.6 Å². The molecule has 0 bridgehead atoms. The number of hydrogen-bond donors (Lipinski definition) is 2. The summed E-state index contributed by atoms with van der Waals surface area (Å²) < 4.78 is 42.7. The van der Waals surface area contributed by atoms with E-state index in [9.17, 15) is 22.4 Å². The van der Waals surface area contributed by atoms with Crippen molar-refractivity contribution in [1.82, 2.24) is 14.9 Å². The van der Waals surface area contributed by atoms with Gasteiger partial charge in [-0.15, -0.1) is 13.2 Å². The molecule has 29 heavy (non-hydrogen) atoms. The molecule has 1 saturated heterocycles. The standard InChI is InChI=1S/C16H17FN4O.C2H6.CHF3O/c1-11(16(22)21-7-2-8-21)19-15-10-18-9-14(20-15)12-3-5-13(17)6-4-12;1-2;2-1(3,4)5/h3-6,9-11H,2,7-8H2,1H3,(H,19,20);1-2H3;5H/t11-;;/m1../s1. The Labute approximate surface area is 166 Å². The molecule has 1 fully saturated rings. The van der Waals surface area contributed by atoms with E-state index in [1.165, 1.54) is 12.1 Å². The van der Waals surface area contributed by atoms with Crippen LogP contribution in [0.3, 0.4) is 0 Å². The van der Waals surface area contributed by atoms with Gasteiger partial charge in [-0.25, -0.2) is 9.37 Å². The van der Waals surface area contributed by atoms with Crippen LogP contribution in [0.2, 0.25) is 0 Å². The summed E-state index contributed by atoms with van der Waals surface area (Å²) in [6.45, 7) is 7.46. The minimum atomic E-state index is -5.00. The second kappa shape index (κ2) is 11.3. The maximum absolute atomic E-state index is 13.0. The van der Waals surface area contributed by atoms with Crippen molar-refractivity contribution in [3.05, 3.63) is 42.5 Å². The molecule has 1 atom stereocenters. The quantitative estimate of drug-likeness (QED) is 0.741. The third-order valence-electron chi connectivity index (χ3n) is 3.68. The second-order valence-corrected chi connectivity index (χ2v) is 5.81. The van der Waals surface area contributed by atoms with Crippen molar-refractivity contribution in [2.75, 3.05) is 18.4 Å². The highest BCUT2D eigenvalue weighted by Gasteiger charge is 2.25. The number of aromatic nitrogens is 2. The van der Waals surface area contributed by atoms with Crippen LogP contribution in [0, 0.1) is 5.82 Å². The van der Waals surface area contributed by atoms with Gasteiger partial charge in [-0.3, -0.25) is 9.78 Å². The number of alkyl halides is 3. The van der Waals surface area contributed by atoms with Crippen molar-refractivity contribution >= 4 is 11.7 Å². The molecule has 0 unspecified atom stereocenters. The van der Waals surface area contributed by atoms with E-state index in [2.05, 4.69) is 15.3 Å². The van der Waals surface area contributed by atoms with Gasteiger partial charge in [0.1, 0.15) is 17.7 Å². The zero-order chi connectivity index (χ0) is 22.0. The van der Waals surface area contributed by atoms with Gasteiger partial charge in [0, 0.05) is 18.7 Å². The lowest BCUT2D eigenvalue weighted by atomic mass is 10.1. The van der Waals surface area contributed by atoms with Crippen LogP contribution in [-0.4, -0.2) is 51.4 Å². The molecule has 3 rings (SSSR count). The molecule has 0 aliphatic carbocycles. The zero-order valence-corrected chi connectivity index (χ0v) is 16.4. The number of halogens is 4. The van der Waals surface area contributed by atoms with Crippen molar-refractivity contribution in [2.24, 2.45) is 0 Å². The normalized spacial score (nSPS) is 13.7. The van der Waals surface area contributed by atoms with Crippen molar-refractivity contribution in [1.29, 1.82) is 0 Å². The molecule has 0 saturated carbocycles. The molecule has 2 heterocycles. The molecule has 2 N–H and O–H groups in total. The summed E-state index contributed by atoms with van der Waals surface area (Å²) in [5.41, 5.74) is 1.41. The Kier molecular flexibility index (Phi) is 9.46. The fraction of sp³-hybridized carbons (Fsp3) is 0.421. The first kappa shape index (κ1) is 24.3. The minimum Gasteiger partial charge on any atom is -0.357 e. The van der Waals surface area contributed by atoms with Crippen molar-refractivity contribution < 1.29 is 27.5 Å². The summed E-state index contributed by atoms with van der Waals surface area (Å²) in [6, 6.07) is 5.72. The van der Waals surface area contributed by atoms with Crippen molar-refractivity contribution in [3.63, 3.8) is 0 Å². The number of rotatable bonds is 4. The number of likely N-dealkylation sites (tertiary alicyclic amines) is 1. The van der Waals surface area contributed by atoms with E-state index in [1.807, 2.05) is 25.7 Å². The lowest BCUT2D eigenvalue weighted by Gasteiger charge is -2.33. The monoisotopic (exact) mass is 416 g/mol. The second-order valence-electron chi connectivity index (χ2n) is 5.81. The highest BCUT2D eigenvalue weighted by molar-refractivity contribution is 5.84. The number of aliphatic hydroxyl groups is 1. The van der Waals surface area contributed by atoms with Gasteiger partial charge in [0.2, 0.25) is 5.91 Å². The number of nitrogens with one attached hydrogen (secondary N) is 1. The summed E-state index contributed by atoms with van der Waals surface area (Å²) in [4.78, 5) is 22.5. The number of anilines is 1. The third kappa shape index (κ3) is 8.86. The fourth-order valence-corrected chi connectivity index (χ4v) is 2.29. The Morgan fingerprint density at radius 2 is 1.72 bits per heavy atom.